The molecule has 0 aromatic heterocycles. The smallest absolute Gasteiger partial charge is 0.339 e. The first kappa shape index (κ1) is 11.5. The normalized spacial score (nSPS) is 9.85. The summed E-state index contributed by atoms with van der Waals surface area (Å²) in [7, 11) is 1.35. The molecular weight excluding hydrogens is 417 g/mol. The lowest BCUT2D eigenvalue weighted by molar-refractivity contribution is 0.0599. The number of hydrogen-bond acceptors (Lipinski definition) is 2. The standard InChI is InChI=1S/C8H5ClI2O2/c1-13-8(12)5-2-4(10)3-6(9)7(5)11/h2-3H,1H3. The van der Waals surface area contributed by atoms with Crippen molar-refractivity contribution in [3.63, 3.8) is 0 Å². The summed E-state index contributed by atoms with van der Waals surface area (Å²) in [5.41, 5.74) is 0.514. The van der Waals surface area contributed by atoms with Gasteiger partial charge in [0.15, 0.2) is 0 Å². The third kappa shape index (κ3) is 2.69. The molecule has 2 nitrogen and oxygen atoms in total. The third-order valence-electron chi connectivity index (χ3n) is 1.40. The van der Waals surface area contributed by atoms with Gasteiger partial charge in [-0.3, -0.25) is 0 Å². The van der Waals surface area contributed by atoms with Crippen LogP contribution >= 0.6 is 56.8 Å². The average Bonchev–Trinajstić information content (AvgIpc) is 2.10. The fourth-order valence-electron chi connectivity index (χ4n) is 0.814. The number of carbonyl (C=O) groups is 1. The highest BCUT2D eigenvalue weighted by molar-refractivity contribution is 14.1. The van der Waals surface area contributed by atoms with Crippen LogP contribution in [0.5, 0.6) is 0 Å². The fraction of sp³-hybridized carbons (Fsp3) is 0.125. The Morgan fingerprint density at radius 3 is 2.62 bits per heavy atom. The molecule has 0 heterocycles. The second kappa shape index (κ2) is 4.79. The van der Waals surface area contributed by atoms with Gasteiger partial charge in [0.2, 0.25) is 0 Å². The number of halogens is 3. The summed E-state index contributed by atoms with van der Waals surface area (Å²) in [4.78, 5) is 11.2. The second-order valence-corrected chi connectivity index (χ2v) is 4.97. The van der Waals surface area contributed by atoms with Gasteiger partial charge in [-0.1, -0.05) is 11.6 Å². The molecule has 0 bridgehead atoms. The number of esters is 1. The Morgan fingerprint density at radius 2 is 2.08 bits per heavy atom. The minimum Gasteiger partial charge on any atom is -0.465 e. The maximum absolute atomic E-state index is 11.2. The highest BCUT2D eigenvalue weighted by Crippen LogP contribution is 2.25. The number of methoxy groups -OCH3 is 1. The van der Waals surface area contributed by atoms with E-state index in [0.29, 0.717) is 10.6 Å². The van der Waals surface area contributed by atoms with Crippen LogP contribution in [-0.2, 0) is 4.74 Å². The van der Waals surface area contributed by atoms with Crippen LogP contribution in [0.4, 0.5) is 0 Å². The van der Waals surface area contributed by atoms with Crippen molar-refractivity contribution in [3.8, 4) is 0 Å². The average molecular weight is 422 g/mol. The molecule has 0 saturated carbocycles. The predicted octanol–water partition coefficient (Wildman–Crippen LogP) is 3.34. The Morgan fingerprint density at radius 1 is 1.46 bits per heavy atom. The SMILES string of the molecule is COC(=O)c1cc(I)cc(Cl)c1I. The largest absolute Gasteiger partial charge is 0.465 e. The number of carbonyl (C=O) groups excluding carboxylic acids is 1. The van der Waals surface area contributed by atoms with E-state index in [1.807, 2.05) is 22.6 Å². The highest BCUT2D eigenvalue weighted by atomic mass is 127. The van der Waals surface area contributed by atoms with E-state index in [2.05, 4.69) is 27.3 Å². The molecule has 1 rings (SSSR count). The molecule has 0 saturated heterocycles. The molecule has 1 aromatic rings. The molecule has 70 valence electrons. The van der Waals surface area contributed by atoms with Gasteiger partial charge in [0, 0.05) is 7.14 Å². The summed E-state index contributed by atoms with van der Waals surface area (Å²) >= 11 is 10.0. The molecule has 0 amide bonds. The molecule has 0 radical (unpaired) electrons. The zero-order valence-corrected chi connectivity index (χ0v) is 11.7. The van der Waals surface area contributed by atoms with Gasteiger partial charge >= 0.3 is 5.97 Å². The Hall–Kier alpha value is 0.440. The minimum atomic E-state index is -0.357. The molecular formula is C8H5ClI2O2. The molecule has 0 aliphatic rings. The van der Waals surface area contributed by atoms with Crippen molar-refractivity contribution in [1.29, 1.82) is 0 Å². The molecule has 1 aromatic carbocycles. The molecule has 0 unspecified atom stereocenters. The van der Waals surface area contributed by atoms with Crippen molar-refractivity contribution in [2.45, 2.75) is 0 Å². The van der Waals surface area contributed by atoms with Gasteiger partial charge < -0.3 is 4.74 Å². The van der Waals surface area contributed by atoms with Gasteiger partial charge in [0.05, 0.1) is 17.7 Å². The number of rotatable bonds is 1. The predicted molar refractivity (Wildman–Crippen MR) is 68.2 cm³/mol. The summed E-state index contributed by atoms with van der Waals surface area (Å²) in [5.74, 6) is -0.357. The molecule has 0 N–H and O–H groups in total. The van der Waals surface area contributed by atoms with E-state index >= 15 is 0 Å². The lowest BCUT2D eigenvalue weighted by Gasteiger charge is -2.04. The van der Waals surface area contributed by atoms with Crippen LogP contribution in [0, 0.1) is 7.14 Å². The zero-order chi connectivity index (χ0) is 10.0. The van der Waals surface area contributed by atoms with Crippen molar-refractivity contribution >= 4 is 62.8 Å². The van der Waals surface area contributed by atoms with Gasteiger partial charge in [-0.15, -0.1) is 0 Å². The first-order valence-corrected chi connectivity index (χ1v) is 5.82. The molecule has 0 spiro atoms. The first-order valence-electron chi connectivity index (χ1n) is 3.29. The number of hydrogen-bond donors (Lipinski definition) is 0. The lowest BCUT2D eigenvalue weighted by atomic mass is 10.2. The molecule has 0 aliphatic heterocycles. The van der Waals surface area contributed by atoms with Crippen molar-refractivity contribution in [1.82, 2.24) is 0 Å². The fourth-order valence-corrected chi connectivity index (χ4v) is 2.37. The van der Waals surface area contributed by atoms with E-state index < -0.39 is 0 Å². The Labute approximate surface area is 108 Å². The van der Waals surface area contributed by atoms with Gasteiger partial charge in [-0.25, -0.2) is 4.79 Å². The zero-order valence-electron chi connectivity index (χ0n) is 6.61. The maximum atomic E-state index is 11.2. The van der Waals surface area contributed by atoms with Crippen molar-refractivity contribution < 1.29 is 9.53 Å². The molecule has 0 atom stereocenters. The van der Waals surface area contributed by atoms with Gasteiger partial charge in [-0.05, 0) is 57.3 Å². The van der Waals surface area contributed by atoms with Crippen LogP contribution < -0.4 is 0 Å². The van der Waals surface area contributed by atoms with Crippen LogP contribution in [0.3, 0.4) is 0 Å². The minimum absolute atomic E-state index is 0.357. The summed E-state index contributed by atoms with van der Waals surface area (Å²) < 4.78 is 6.27. The van der Waals surface area contributed by atoms with Crippen LogP contribution in [0.15, 0.2) is 12.1 Å². The Bertz CT molecular complexity index is 352. The van der Waals surface area contributed by atoms with Crippen molar-refractivity contribution in [2.75, 3.05) is 7.11 Å². The van der Waals surface area contributed by atoms with E-state index in [1.165, 1.54) is 7.11 Å². The van der Waals surface area contributed by atoms with E-state index in [9.17, 15) is 4.79 Å². The van der Waals surface area contributed by atoms with Crippen LogP contribution in [-0.4, -0.2) is 13.1 Å². The van der Waals surface area contributed by atoms with E-state index in [-0.39, 0.29) is 5.97 Å². The highest BCUT2D eigenvalue weighted by Gasteiger charge is 2.13. The van der Waals surface area contributed by atoms with Crippen LogP contribution in [0.2, 0.25) is 5.02 Å². The number of benzene rings is 1. The summed E-state index contributed by atoms with van der Waals surface area (Å²) in [6.45, 7) is 0. The van der Waals surface area contributed by atoms with Crippen molar-refractivity contribution in [2.24, 2.45) is 0 Å². The van der Waals surface area contributed by atoms with E-state index in [0.717, 1.165) is 7.14 Å². The lowest BCUT2D eigenvalue weighted by Crippen LogP contribution is -2.04. The number of ether oxygens (including phenoxy) is 1. The third-order valence-corrected chi connectivity index (χ3v) is 3.80. The Balaban J connectivity index is 3.28. The second-order valence-electron chi connectivity index (χ2n) is 2.24. The summed E-state index contributed by atoms with van der Waals surface area (Å²) in [5, 5.41) is 0.577. The first-order chi connectivity index (χ1) is 6.06. The summed E-state index contributed by atoms with van der Waals surface area (Å²) in [6, 6.07) is 3.55. The van der Waals surface area contributed by atoms with Crippen LogP contribution in [0.25, 0.3) is 0 Å². The maximum Gasteiger partial charge on any atom is 0.339 e. The van der Waals surface area contributed by atoms with E-state index in [4.69, 9.17) is 11.6 Å². The quantitative estimate of drug-likeness (QED) is 0.394. The van der Waals surface area contributed by atoms with Crippen LogP contribution in [0.1, 0.15) is 10.4 Å². The molecule has 13 heavy (non-hydrogen) atoms. The van der Waals surface area contributed by atoms with Gasteiger partial charge in [0.1, 0.15) is 0 Å². The monoisotopic (exact) mass is 422 g/mol. The van der Waals surface area contributed by atoms with Gasteiger partial charge in [-0.2, -0.15) is 0 Å². The van der Waals surface area contributed by atoms with Crippen molar-refractivity contribution in [3.05, 3.63) is 29.9 Å². The Kier molecular flexibility index (Phi) is 4.24. The molecule has 0 fully saturated rings. The molecule has 0 aliphatic carbocycles. The topological polar surface area (TPSA) is 26.3 Å². The van der Waals surface area contributed by atoms with Gasteiger partial charge in [0.25, 0.3) is 0 Å². The summed E-state index contributed by atoms with van der Waals surface area (Å²) in [6.07, 6.45) is 0. The van der Waals surface area contributed by atoms with E-state index in [1.54, 1.807) is 12.1 Å². The molecule has 5 heteroatoms.